The van der Waals surface area contributed by atoms with Crippen molar-refractivity contribution < 1.29 is 23.8 Å². The lowest BCUT2D eigenvalue weighted by atomic mass is 10.0. The predicted molar refractivity (Wildman–Crippen MR) is 113 cm³/mol. The van der Waals surface area contributed by atoms with E-state index in [-0.39, 0.29) is 17.7 Å². The van der Waals surface area contributed by atoms with Gasteiger partial charge in [0.1, 0.15) is 5.82 Å². The van der Waals surface area contributed by atoms with Crippen LogP contribution in [0.2, 0.25) is 5.02 Å². The van der Waals surface area contributed by atoms with Crippen LogP contribution < -0.4 is 14.8 Å². The highest BCUT2D eigenvalue weighted by molar-refractivity contribution is 8.02. The van der Waals surface area contributed by atoms with Crippen LogP contribution in [0.25, 0.3) is 0 Å². The van der Waals surface area contributed by atoms with E-state index in [1.165, 1.54) is 38.1 Å². The van der Waals surface area contributed by atoms with Gasteiger partial charge in [-0.15, -0.1) is 11.8 Å². The molecule has 0 spiro atoms. The molecule has 2 aromatic rings. The lowest BCUT2D eigenvalue weighted by Crippen LogP contribution is -2.24. The fourth-order valence-corrected chi connectivity index (χ4v) is 5.06. The molecule has 0 aliphatic carbocycles. The van der Waals surface area contributed by atoms with E-state index in [2.05, 4.69) is 5.32 Å². The van der Waals surface area contributed by atoms with Crippen molar-refractivity contribution in [2.24, 2.45) is 0 Å². The molecular formula is C19H17ClFNO4S2. The zero-order valence-corrected chi connectivity index (χ0v) is 17.4. The quantitative estimate of drug-likeness (QED) is 0.638. The van der Waals surface area contributed by atoms with Crippen LogP contribution in [0.15, 0.2) is 30.3 Å². The number of fused-ring (bicyclic) bond motifs is 1. The molecule has 0 unspecified atom stereocenters. The summed E-state index contributed by atoms with van der Waals surface area (Å²) in [4.78, 5) is 11.7. The molecule has 1 heterocycles. The molecule has 2 atom stereocenters. The average molecular weight is 442 g/mol. The fourth-order valence-electron chi connectivity index (χ4n) is 3.07. The van der Waals surface area contributed by atoms with Gasteiger partial charge in [0.2, 0.25) is 0 Å². The Bertz CT molecular complexity index is 940. The van der Waals surface area contributed by atoms with Gasteiger partial charge < -0.3 is 19.9 Å². The molecular weight excluding hydrogens is 425 g/mol. The van der Waals surface area contributed by atoms with E-state index >= 15 is 4.39 Å². The summed E-state index contributed by atoms with van der Waals surface area (Å²) in [7, 11) is 2.90. The lowest BCUT2D eigenvalue weighted by molar-refractivity contribution is -0.136. The summed E-state index contributed by atoms with van der Waals surface area (Å²) in [5, 5.41) is 11.7. The molecule has 2 aromatic carbocycles. The Hall–Kier alpha value is -2.03. The van der Waals surface area contributed by atoms with Crippen LogP contribution in [-0.2, 0) is 4.79 Å². The normalized spacial score (nSPS) is 18.6. The van der Waals surface area contributed by atoms with E-state index in [9.17, 15) is 9.90 Å². The number of carbonyl (C=O) groups is 1. The first kappa shape index (κ1) is 20.7. The zero-order chi connectivity index (χ0) is 20.4. The first-order chi connectivity index (χ1) is 13.3. The summed E-state index contributed by atoms with van der Waals surface area (Å²) >= 11 is 12.8. The Morgan fingerprint density at radius 3 is 2.71 bits per heavy atom. The van der Waals surface area contributed by atoms with Crippen molar-refractivity contribution in [2.75, 3.05) is 19.5 Å². The number of aliphatic carboxylic acids is 1. The SMILES string of the molecule is COc1ccc(F)c([C@H]2S[C@H](CC(=O)O)C(=S)Nc3ccc(Cl)cc32)c1OC. The Morgan fingerprint density at radius 1 is 1.32 bits per heavy atom. The zero-order valence-electron chi connectivity index (χ0n) is 15.0. The highest BCUT2D eigenvalue weighted by atomic mass is 35.5. The summed E-state index contributed by atoms with van der Waals surface area (Å²) in [5.74, 6) is -0.879. The maximum absolute atomic E-state index is 15.0. The molecule has 5 nitrogen and oxygen atoms in total. The summed E-state index contributed by atoms with van der Waals surface area (Å²) < 4.78 is 25.8. The highest BCUT2D eigenvalue weighted by Crippen LogP contribution is 2.51. The van der Waals surface area contributed by atoms with Crippen LogP contribution in [0, 0.1) is 5.82 Å². The number of methoxy groups -OCH3 is 2. The van der Waals surface area contributed by atoms with E-state index in [0.717, 1.165) is 0 Å². The topological polar surface area (TPSA) is 67.8 Å². The Kier molecular flexibility index (Phi) is 6.32. The number of nitrogens with one attached hydrogen (secondary N) is 1. The standard InChI is InChI=1S/C19H17ClFNO4S2/c1-25-13-6-4-11(21)16(17(13)26-2)18-10-7-9(20)3-5-12(10)22-19(27)14(28-18)8-15(23)24/h3-7,14,18H,8H2,1-2H3,(H,22,27)(H,23,24)/t14-,18+/m1/s1. The second kappa shape index (κ2) is 8.55. The predicted octanol–water partition coefficient (Wildman–Crippen LogP) is 4.92. The van der Waals surface area contributed by atoms with E-state index < -0.39 is 22.3 Å². The van der Waals surface area contributed by atoms with E-state index in [4.69, 9.17) is 33.3 Å². The molecule has 0 amide bonds. The van der Waals surface area contributed by atoms with Crippen LogP contribution in [0.4, 0.5) is 10.1 Å². The third-order valence-corrected chi connectivity index (χ3v) is 6.56. The molecule has 1 aliphatic heterocycles. The maximum atomic E-state index is 15.0. The first-order valence-corrected chi connectivity index (χ1v) is 9.96. The summed E-state index contributed by atoms with van der Waals surface area (Å²) in [6.45, 7) is 0. The fraction of sp³-hybridized carbons (Fsp3) is 0.263. The molecule has 9 heteroatoms. The van der Waals surface area contributed by atoms with Gasteiger partial charge in [-0.25, -0.2) is 4.39 Å². The number of rotatable bonds is 5. The van der Waals surface area contributed by atoms with Crippen LogP contribution in [-0.4, -0.2) is 35.5 Å². The Balaban J connectivity index is 2.23. The van der Waals surface area contributed by atoms with Gasteiger partial charge in [0, 0.05) is 10.7 Å². The first-order valence-electron chi connectivity index (χ1n) is 8.23. The smallest absolute Gasteiger partial charge is 0.304 e. The van der Waals surface area contributed by atoms with Crippen molar-refractivity contribution in [1.82, 2.24) is 0 Å². The van der Waals surface area contributed by atoms with E-state index in [0.29, 0.717) is 27.0 Å². The van der Waals surface area contributed by atoms with Gasteiger partial charge in [-0.2, -0.15) is 0 Å². The maximum Gasteiger partial charge on any atom is 0.304 e. The van der Waals surface area contributed by atoms with Crippen molar-refractivity contribution >= 4 is 52.2 Å². The molecule has 0 saturated heterocycles. The molecule has 0 saturated carbocycles. The molecule has 3 rings (SSSR count). The van der Waals surface area contributed by atoms with Crippen molar-refractivity contribution in [2.45, 2.75) is 16.9 Å². The number of anilines is 1. The highest BCUT2D eigenvalue weighted by Gasteiger charge is 2.35. The van der Waals surface area contributed by atoms with Gasteiger partial charge in [-0.3, -0.25) is 4.79 Å². The van der Waals surface area contributed by atoms with Crippen molar-refractivity contribution in [3.63, 3.8) is 0 Å². The molecule has 1 aliphatic rings. The van der Waals surface area contributed by atoms with Gasteiger partial charge in [-0.05, 0) is 35.9 Å². The van der Waals surface area contributed by atoms with Crippen LogP contribution in [0.5, 0.6) is 11.5 Å². The summed E-state index contributed by atoms with van der Waals surface area (Å²) in [6, 6.07) is 7.92. The molecule has 0 radical (unpaired) electrons. The number of thioether (sulfide) groups is 1. The van der Waals surface area contributed by atoms with Gasteiger partial charge in [0.05, 0.1) is 41.7 Å². The number of ether oxygens (including phenoxy) is 2. The number of thiocarbonyl (C=S) groups is 1. The number of benzene rings is 2. The molecule has 148 valence electrons. The largest absolute Gasteiger partial charge is 0.493 e. The second-order valence-electron chi connectivity index (χ2n) is 6.02. The molecule has 0 aromatic heterocycles. The van der Waals surface area contributed by atoms with Crippen molar-refractivity contribution in [1.29, 1.82) is 0 Å². The van der Waals surface area contributed by atoms with Crippen molar-refractivity contribution in [3.05, 3.63) is 52.3 Å². The van der Waals surface area contributed by atoms with Gasteiger partial charge >= 0.3 is 5.97 Å². The minimum atomic E-state index is -0.998. The molecule has 28 heavy (non-hydrogen) atoms. The molecule has 0 fully saturated rings. The molecule has 0 bridgehead atoms. The number of hydrogen-bond donors (Lipinski definition) is 2. The average Bonchev–Trinajstić information content (AvgIpc) is 2.78. The van der Waals surface area contributed by atoms with E-state index in [1.54, 1.807) is 18.2 Å². The minimum Gasteiger partial charge on any atom is -0.493 e. The van der Waals surface area contributed by atoms with Crippen molar-refractivity contribution in [3.8, 4) is 11.5 Å². The minimum absolute atomic E-state index is 0.206. The summed E-state index contributed by atoms with van der Waals surface area (Å²) in [5.41, 5.74) is 1.57. The Labute approximate surface area is 176 Å². The van der Waals surface area contributed by atoms with Gasteiger partial charge in [0.25, 0.3) is 0 Å². The third kappa shape index (κ3) is 4.04. The number of halogens is 2. The summed E-state index contributed by atoms with van der Waals surface area (Å²) in [6.07, 6.45) is -0.206. The third-order valence-electron chi connectivity index (χ3n) is 4.30. The second-order valence-corrected chi connectivity index (χ2v) is 8.21. The number of carboxylic acid groups (broad SMARTS) is 1. The van der Waals surface area contributed by atoms with Crippen LogP contribution in [0.1, 0.15) is 22.8 Å². The van der Waals surface area contributed by atoms with Gasteiger partial charge in [0.15, 0.2) is 11.5 Å². The monoisotopic (exact) mass is 441 g/mol. The van der Waals surface area contributed by atoms with Crippen LogP contribution in [0.3, 0.4) is 0 Å². The number of hydrogen-bond acceptors (Lipinski definition) is 5. The van der Waals surface area contributed by atoms with E-state index in [1.807, 2.05) is 0 Å². The number of carboxylic acids is 1. The lowest BCUT2D eigenvalue weighted by Gasteiger charge is -2.23. The van der Waals surface area contributed by atoms with Gasteiger partial charge in [-0.1, -0.05) is 23.8 Å². The Morgan fingerprint density at radius 2 is 2.07 bits per heavy atom. The van der Waals surface area contributed by atoms with Crippen LogP contribution >= 0.6 is 35.6 Å². The molecule has 2 N–H and O–H groups in total.